The molecule has 106 valence electrons. The molecule has 2 aromatic rings. The molecule has 1 atom stereocenters. The van der Waals surface area contributed by atoms with Gasteiger partial charge in [-0.25, -0.2) is 8.78 Å². The van der Waals surface area contributed by atoms with Crippen LogP contribution in [0.3, 0.4) is 0 Å². The fourth-order valence-corrected chi connectivity index (χ4v) is 2.86. The van der Waals surface area contributed by atoms with Gasteiger partial charge in [-0.1, -0.05) is 22.0 Å². The van der Waals surface area contributed by atoms with E-state index < -0.39 is 17.7 Å². The van der Waals surface area contributed by atoms with E-state index in [0.29, 0.717) is 5.56 Å². The molecule has 2 nitrogen and oxygen atoms in total. The molecule has 0 saturated heterocycles. The van der Waals surface area contributed by atoms with Crippen LogP contribution in [0.2, 0.25) is 0 Å². The van der Waals surface area contributed by atoms with Gasteiger partial charge in [0.1, 0.15) is 0 Å². The maximum atomic E-state index is 13.1. The molecule has 0 saturated carbocycles. The number of anilines is 1. The molecule has 0 radical (unpaired) electrons. The first-order chi connectivity index (χ1) is 9.47. The van der Waals surface area contributed by atoms with Gasteiger partial charge in [-0.3, -0.25) is 0 Å². The summed E-state index contributed by atoms with van der Waals surface area (Å²) < 4.78 is 27.7. The Kier molecular flexibility index (Phi) is 5.12. The molecule has 20 heavy (non-hydrogen) atoms. The fourth-order valence-electron chi connectivity index (χ4n) is 1.68. The summed E-state index contributed by atoms with van der Waals surface area (Å²) in [6, 6.07) is 8.93. The topological polar surface area (TPSA) is 32.3 Å². The average Bonchev–Trinajstić information content (AvgIpc) is 2.40. The highest BCUT2D eigenvalue weighted by Crippen LogP contribution is 2.27. The Balaban J connectivity index is 2.04. The Morgan fingerprint density at radius 3 is 2.45 bits per heavy atom. The minimum absolute atomic E-state index is 0.186. The Morgan fingerprint density at radius 2 is 1.80 bits per heavy atom. The molecule has 6 heteroatoms. The van der Waals surface area contributed by atoms with Crippen molar-refractivity contribution >= 4 is 37.5 Å². The van der Waals surface area contributed by atoms with Crippen molar-refractivity contribution < 1.29 is 13.9 Å². The Labute approximate surface area is 132 Å². The number of benzene rings is 2. The molecule has 0 aliphatic carbocycles. The molecule has 2 rings (SSSR count). The first kappa shape index (κ1) is 15.4. The molecule has 2 aromatic carbocycles. The molecule has 2 N–H and O–H groups in total. The van der Waals surface area contributed by atoms with Gasteiger partial charge in [0.05, 0.1) is 6.10 Å². The fraction of sp³-hybridized carbons (Fsp3) is 0.143. The molecular weight excluding hydrogens is 396 g/mol. The summed E-state index contributed by atoms with van der Waals surface area (Å²) in [6.45, 7) is 0.186. The molecule has 0 bridgehead atoms. The zero-order valence-electron chi connectivity index (χ0n) is 10.2. The highest BCUT2D eigenvalue weighted by molar-refractivity contribution is 9.11. The lowest BCUT2D eigenvalue weighted by atomic mass is 10.1. The maximum Gasteiger partial charge on any atom is 0.159 e. The van der Waals surface area contributed by atoms with E-state index in [4.69, 9.17) is 0 Å². The summed E-state index contributed by atoms with van der Waals surface area (Å²) in [6.07, 6.45) is -0.930. The average molecular weight is 407 g/mol. The Morgan fingerprint density at radius 1 is 1.05 bits per heavy atom. The molecular formula is C14H11Br2F2NO. The van der Waals surface area contributed by atoms with Gasteiger partial charge >= 0.3 is 0 Å². The summed E-state index contributed by atoms with van der Waals surface area (Å²) in [5, 5.41) is 13.0. The third-order valence-electron chi connectivity index (χ3n) is 2.75. The number of aliphatic hydroxyl groups is 1. The minimum atomic E-state index is -0.966. The standard InChI is InChI=1S/C14H11Br2F2NO/c15-9-2-4-13(10(16)6-9)19-7-14(20)8-1-3-11(17)12(18)5-8/h1-6,14,19-20H,7H2. The smallest absolute Gasteiger partial charge is 0.159 e. The lowest BCUT2D eigenvalue weighted by Crippen LogP contribution is -2.12. The largest absolute Gasteiger partial charge is 0.387 e. The molecule has 0 fully saturated rings. The molecule has 0 aromatic heterocycles. The Bertz CT molecular complexity index is 622. The van der Waals surface area contributed by atoms with Crippen molar-refractivity contribution in [1.29, 1.82) is 0 Å². The van der Waals surface area contributed by atoms with E-state index in [1.54, 1.807) is 0 Å². The van der Waals surface area contributed by atoms with Crippen LogP contribution in [-0.4, -0.2) is 11.7 Å². The number of rotatable bonds is 4. The van der Waals surface area contributed by atoms with E-state index in [1.807, 2.05) is 18.2 Å². The highest BCUT2D eigenvalue weighted by Gasteiger charge is 2.11. The van der Waals surface area contributed by atoms with Crippen molar-refractivity contribution in [2.75, 3.05) is 11.9 Å². The van der Waals surface area contributed by atoms with Crippen molar-refractivity contribution in [2.45, 2.75) is 6.10 Å². The number of aliphatic hydroxyl groups excluding tert-OH is 1. The molecule has 1 unspecified atom stereocenters. The predicted molar refractivity (Wildman–Crippen MR) is 81.6 cm³/mol. The quantitative estimate of drug-likeness (QED) is 0.775. The van der Waals surface area contributed by atoms with Gasteiger partial charge in [-0.15, -0.1) is 0 Å². The Hall–Kier alpha value is -0.980. The normalized spacial score (nSPS) is 12.2. The van der Waals surface area contributed by atoms with Crippen LogP contribution in [0.15, 0.2) is 45.3 Å². The van der Waals surface area contributed by atoms with Gasteiger partial charge in [0.25, 0.3) is 0 Å². The SMILES string of the molecule is OC(CNc1ccc(Br)cc1Br)c1ccc(F)c(F)c1. The second kappa shape index (κ2) is 6.65. The molecule has 0 aliphatic rings. The number of halogens is 4. The van der Waals surface area contributed by atoms with Gasteiger partial charge < -0.3 is 10.4 Å². The second-order valence-corrected chi connectivity index (χ2v) is 5.96. The third kappa shape index (κ3) is 3.77. The van der Waals surface area contributed by atoms with Gasteiger partial charge in [-0.2, -0.15) is 0 Å². The van der Waals surface area contributed by atoms with Gasteiger partial charge in [0, 0.05) is 21.2 Å². The molecule has 0 heterocycles. The number of hydrogen-bond acceptors (Lipinski definition) is 2. The minimum Gasteiger partial charge on any atom is -0.387 e. The second-order valence-electron chi connectivity index (χ2n) is 4.19. The van der Waals surface area contributed by atoms with Crippen LogP contribution in [0.5, 0.6) is 0 Å². The summed E-state index contributed by atoms with van der Waals surface area (Å²) in [5.74, 6) is -1.89. The molecule has 0 aliphatic heterocycles. The van der Waals surface area contributed by atoms with Crippen LogP contribution >= 0.6 is 31.9 Å². The monoisotopic (exact) mass is 405 g/mol. The first-order valence-electron chi connectivity index (χ1n) is 5.79. The van der Waals surface area contributed by atoms with E-state index in [-0.39, 0.29) is 6.54 Å². The summed E-state index contributed by atoms with van der Waals surface area (Å²) in [5.41, 5.74) is 1.12. The van der Waals surface area contributed by atoms with Gasteiger partial charge in [0.2, 0.25) is 0 Å². The van der Waals surface area contributed by atoms with E-state index in [2.05, 4.69) is 37.2 Å². The zero-order valence-corrected chi connectivity index (χ0v) is 13.4. The number of hydrogen-bond donors (Lipinski definition) is 2. The van der Waals surface area contributed by atoms with E-state index in [1.165, 1.54) is 6.07 Å². The van der Waals surface area contributed by atoms with Gasteiger partial charge in [0.15, 0.2) is 11.6 Å². The van der Waals surface area contributed by atoms with Crippen LogP contribution in [0.25, 0.3) is 0 Å². The van der Waals surface area contributed by atoms with Crippen LogP contribution in [0.1, 0.15) is 11.7 Å². The summed E-state index contributed by atoms with van der Waals surface area (Å²) in [4.78, 5) is 0. The van der Waals surface area contributed by atoms with E-state index >= 15 is 0 Å². The molecule has 0 amide bonds. The summed E-state index contributed by atoms with van der Waals surface area (Å²) in [7, 11) is 0. The van der Waals surface area contributed by atoms with Crippen molar-refractivity contribution in [3.8, 4) is 0 Å². The van der Waals surface area contributed by atoms with Crippen LogP contribution in [0, 0.1) is 11.6 Å². The van der Waals surface area contributed by atoms with Crippen LogP contribution in [0.4, 0.5) is 14.5 Å². The van der Waals surface area contributed by atoms with Gasteiger partial charge in [-0.05, 0) is 51.8 Å². The van der Waals surface area contributed by atoms with Crippen molar-refractivity contribution in [3.05, 3.63) is 62.5 Å². The van der Waals surface area contributed by atoms with Crippen LogP contribution < -0.4 is 5.32 Å². The van der Waals surface area contributed by atoms with E-state index in [0.717, 1.165) is 26.8 Å². The lowest BCUT2D eigenvalue weighted by Gasteiger charge is -2.14. The first-order valence-corrected chi connectivity index (χ1v) is 7.38. The van der Waals surface area contributed by atoms with Crippen molar-refractivity contribution in [1.82, 2.24) is 0 Å². The van der Waals surface area contributed by atoms with Crippen molar-refractivity contribution in [2.24, 2.45) is 0 Å². The molecule has 0 spiro atoms. The third-order valence-corrected chi connectivity index (χ3v) is 3.89. The van der Waals surface area contributed by atoms with E-state index in [9.17, 15) is 13.9 Å². The lowest BCUT2D eigenvalue weighted by molar-refractivity contribution is 0.191. The predicted octanol–water partition coefficient (Wildman–Crippen LogP) is 4.64. The number of nitrogens with one attached hydrogen (secondary N) is 1. The zero-order chi connectivity index (χ0) is 14.7. The maximum absolute atomic E-state index is 13.1. The highest BCUT2D eigenvalue weighted by atomic mass is 79.9. The van der Waals surface area contributed by atoms with Crippen molar-refractivity contribution in [3.63, 3.8) is 0 Å². The van der Waals surface area contributed by atoms with Crippen LogP contribution in [-0.2, 0) is 0 Å². The summed E-state index contributed by atoms with van der Waals surface area (Å²) >= 11 is 6.73.